The van der Waals surface area contributed by atoms with Gasteiger partial charge in [-0.3, -0.25) is 4.79 Å². The molecule has 1 heterocycles. The van der Waals surface area contributed by atoms with E-state index in [1.807, 2.05) is 12.1 Å². The maximum atomic E-state index is 11.7. The lowest BCUT2D eigenvalue weighted by Crippen LogP contribution is -2.37. The van der Waals surface area contributed by atoms with Crippen molar-refractivity contribution in [1.82, 2.24) is 20.6 Å². The molecule has 7 heteroatoms. The van der Waals surface area contributed by atoms with Crippen LogP contribution < -0.4 is 11.1 Å². The number of aromatic amines is 1. The summed E-state index contributed by atoms with van der Waals surface area (Å²) >= 11 is 0. The topological polar surface area (TPSA) is 110 Å². The van der Waals surface area contributed by atoms with Crippen molar-refractivity contribution in [2.24, 2.45) is 5.73 Å². The summed E-state index contributed by atoms with van der Waals surface area (Å²) < 4.78 is 0. The average Bonchev–Trinajstić information content (AvgIpc) is 2.94. The van der Waals surface area contributed by atoms with Gasteiger partial charge in [-0.25, -0.2) is 0 Å². The molecule has 3 rings (SSSR count). The van der Waals surface area contributed by atoms with Crippen LogP contribution in [0.1, 0.15) is 12.8 Å². The van der Waals surface area contributed by atoms with Crippen LogP contribution in [0, 0.1) is 0 Å². The zero-order valence-electron chi connectivity index (χ0n) is 9.55. The first-order valence-corrected chi connectivity index (χ1v) is 5.62. The van der Waals surface area contributed by atoms with E-state index in [2.05, 4.69) is 25.9 Å². The Labute approximate surface area is 103 Å². The molecule has 1 aromatic carbocycles. The smallest absolute Gasteiger partial charge is 0.244 e. The molecular formula is C11H12N6O. The first-order chi connectivity index (χ1) is 8.67. The number of nitrogens with one attached hydrogen (secondary N) is 2. The maximum absolute atomic E-state index is 11.7. The number of nitrogens with zero attached hydrogens (tertiary/aromatic N) is 3. The monoisotopic (exact) mass is 244 g/mol. The lowest BCUT2D eigenvalue weighted by atomic mass is 10.2. The lowest BCUT2D eigenvalue weighted by molar-refractivity contribution is -0.118. The van der Waals surface area contributed by atoms with Crippen LogP contribution in [0.15, 0.2) is 24.3 Å². The average molecular weight is 244 g/mol. The summed E-state index contributed by atoms with van der Waals surface area (Å²) in [6.07, 6.45) is 1.50. The second-order valence-corrected chi connectivity index (χ2v) is 4.42. The number of nitrogens with two attached hydrogens (primary N) is 1. The van der Waals surface area contributed by atoms with Crippen molar-refractivity contribution < 1.29 is 4.79 Å². The highest BCUT2D eigenvalue weighted by Crippen LogP contribution is 2.33. The Morgan fingerprint density at radius 3 is 2.61 bits per heavy atom. The summed E-state index contributed by atoms with van der Waals surface area (Å²) in [6.45, 7) is 0. The molecule has 1 fully saturated rings. The first kappa shape index (κ1) is 10.8. The highest BCUT2D eigenvalue weighted by molar-refractivity contribution is 6.00. The zero-order valence-corrected chi connectivity index (χ0v) is 9.55. The largest absolute Gasteiger partial charge is 0.324 e. The van der Waals surface area contributed by atoms with E-state index < -0.39 is 5.54 Å². The molecule has 1 aromatic heterocycles. The van der Waals surface area contributed by atoms with Crippen LogP contribution in [-0.4, -0.2) is 32.1 Å². The van der Waals surface area contributed by atoms with Gasteiger partial charge in [0, 0.05) is 11.3 Å². The summed E-state index contributed by atoms with van der Waals surface area (Å²) in [5.41, 5.74) is 6.68. The second kappa shape index (κ2) is 3.88. The molecule has 0 bridgehead atoms. The van der Waals surface area contributed by atoms with E-state index in [-0.39, 0.29) is 5.91 Å². The lowest BCUT2D eigenvalue weighted by Gasteiger charge is -2.09. The maximum Gasteiger partial charge on any atom is 0.244 e. The van der Waals surface area contributed by atoms with Crippen LogP contribution in [0.25, 0.3) is 11.4 Å². The number of carbonyl (C=O) groups is 1. The molecule has 0 atom stereocenters. The van der Waals surface area contributed by atoms with Crippen molar-refractivity contribution in [2.45, 2.75) is 18.4 Å². The minimum Gasteiger partial charge on any atom is -0.324 e. The number of H-pyrrole nitrogens is 1. The predicted octanol–water partition coefficient (Wildman–Crippen LogP) is 0.296. The van der Waals surface area contributed by atoms with Crippen LogP contribution in [0.5, 0.6) is 0 Å². The van der Waals surface area contributed by atoms with Crippen LogP contribution in [0.3, 0.4) is 0 Å². The molecule has 0 unspecified atom stereocenters. The molecule has 1 saturated carbocycles. The van der Waals surface area contributed by atoms with Crippen molar-refractivity contribution in [1.29, 1.82) is 0 Å². The van der Waals surface area contributed by atoms with Gasteiger partial charge in [-0.2, -0.15) is 5.21 Å². The number of rotatable bonds is 3. The number of carbonyl (C=O) groups excluding carboxylic acids is 1. The number of anilines is 1. The molecule has 4 N–H and O–H groups in total. The second-order valence-electron chi connectivity index (χ2n) is 4.42. The predicted molar refractivity (Wildman–Crippen MR) is 64.4 cm³/mol. The van der Waals surface area contributed by atoms with Gasteiger partial charge in [0.15, 0.2) is 0 Å². The zero-order chi connectivity index (χ0) is 12.6. The molecule has 1 aliphatic rings. The SMILES string of the molecule is NC1(C(=O)Nc2ccc(-c3nn[nH]n3)cc2)CC1. The van der Waals surface area contributed by atoms with Crippen molar-refractivity contribution in [3.63, 3.8) is 0 Å². The number of amides is 1. The minimum absolute atomic E-state index is 0.130. The Kier molecular flexibility index (Phi) is 2.34. The molecular weight excluding hydrogens is 232 g/mol. The number of tetrazole rings is 1. The van der Waals surface area contributed by atoms with Crippen molar-refractivity contribution in [2.75, 3.05) is 5.32 Å². The quantitative estimate of drug-likeness (QED) is 0.719. The Morgan fingerprint density at radius 1 is 1.33 bits per heavy atom. The molecule has 0 radical (unpaired) electrons. The van der Waals surface area contributed by atoms with Crippen LogP contribution >= 0.6 is 0 Å². The summed E-state index contributed by atoms with van der Waals surface area (Å²) in [5, 5.41) is 16.4. The summed E-state index contributed by atoms with van der Waals surface area (Å²) in [4.78, 5) is 11.7. The van der Waals surface area contributed by atoms with E-state index in [0.29, 0.717) is 11.5 Å². The molecule has 7 nitrogen and oxygen atoms in total. The fourth-order valence-corrected chi connectivity index (χ4v) is 1.60. The van der Waals surface area contributed by atoms with Crippen LogP contribution in [-0.2, 0) is 4.79 Å². The summed E-state index contributed by atoms with van der Waals surface area (Å²) in [5.74, 6) is 0.389. The third-order valence-corrected chi connectivity index (χ3v) is 2.99. The van der Waals surface area contributed by atoms with Gasteiger partial charge in [0.25, 0.3) is 0 Å². The Hall–Kier alpha value is -2.28. The molecule has 0 saturated heterocycles. The molecule has 92 valence electrons. The summed E-state index contributed by atoms with van der Waals surface area (Å²) in [7, 11) is 0. The van der Waals surface area contributed by atoms with Gasteiger partial charge in [-0.1, -0.05) is 0 Å². The standard InChI is InChI=1S/C11H12N6O/c12-11(5-6-11)10(18)13-8-3-1-7(2-4-8)9-14-16-17-15-9/h1-4H,5-6,12H2,(H,13,18)(H,14,15,16,17). The fourth-order valence-electron chi connectivity index (χ4n) is 1.60. The molecule has 1 amide bonds. The van der Waals surface area contributed by atoms with Crippen molar-refractivity contribution >= 4 is 11.6 Å². The van der Waals surface area contributed by atoms with Crippen LogP contribution in [0.4, 0.5) is 5.69 Å². The Bertz CT molecular complexity index is 558. The number of benzene rings is 1. The van der Waals surface area contributed by atoms with Gasteiger partial charge >= 0.3 is 0 Å². The highest BCUT2D eigenvalue weighted by Gasteiger charge is 2.45. The fraction of sp³-hybridized carbons (Fsp3) is 0.273. The van der Waals surface area contributed by atoms with Gasteiger partial charge in [0.05, 0.1) is 5.54 Å². The van der Waals surface area contributed by atoms with Crippen molar-refractivity contribution in [3.8, 4) is 11.4 Å². The minimum atomic E-state index is -0.660. The molecule has 2 aromatic rings. The van der Waals surface area contributed by atoms with Crippen LogP contribution in [0.2, 0.25) is 0 Å². The summed E-state index contributed by atoms with van der Waals surface area (Å²) in [6, 6.07) is 7.21. The van der Waals surface area contributed by atoms with E-state index >= 15 is 0 Å². The highest BCUT2D eigenvalue weighted by atomic mass is 16.2. The third-order valence-electron chi connectivity index (χ3n) is 2.99. The van der Waals surface area contributed by atoms with Crippen molar-refractivity contribution in [3.05, 3.63) is 24.3 Å². The Morgan fingerprint density at radius 2 is 2.06 bits per heavy atom. The van der Waals surface area contributed by atoms with E-state index in [1.54, 1.807) is 12.1 Å². The van der Waals surface area contributed by atoms with Gasteiger partial charge in [-0.15, -0.1) is 10.2 Å². The normalized spacial score (nSPS) is 16.3. The number of hydrogen-bond donors (Lipinski definition) is 3. The van der Waals surface area contributed by atoms with Gasteiger partial charge < -0.3 is 11.1 Å². The molecule has 18 heavy (non-hydrogen) atoms. The van der Waals surface area contributed by atoms with E-state index in [0.717, 1.165) is 18.4 Å². The molecule has 0 aliphatic heterocycles. The van der Waals surface area contributed by atoms with Gasteiger partial charge in [0.1, 0.15) is 0 Å². The van der Waals surface area contributed by atoms with Gasteiger partial charge in [-0.05, 0) is 42.3 Å². The molecule has 1 aliphatic carbocycles. The first-order valence-electron chi connectivity index (χ1n) is 5.62. The number of hydrogen-bond acceptors (Lipinski definition) is 5. The number of aromatic nitrogens is 4. The third kappa shape index (κ3) is 1.95. The Balaban J connectivity index is 1.73. The van der Waals surface area contributed by atoms with Gasteiger partial charge in [0.2, 0.25) is 11.7 Å². The van der Waals surface area contributed by atoms with E-state index in [4.69, 9.17) is 5.73 Å². The van der Waals surface area contributed by atoms with E-state index in [9.17, 15) is 4.79 Å². The molecule has 0 spiro atoms. The van der Waals surface area contributed by atoms with E-state index in [1.165, 1.54) is 0 Å².